The van der Waals surface area contributed by atoms with Crippen molar-refractivity contribution >= 4 is 34.1 Å². The standard InChI is InChI=1S/2K.3H2O3S/c;;3*1-4(2)3/h;;3*(H2,1,2,3)/q2*+1;;;/p-2. The van der Waals surface area contributed by atoms with Crippen molar-refractivity contribution in [2.75, 3.05) is 0 Å². The van der Waals surface area contributed by atoms with E-state index in [9.17, 15) is 0 Å². The van der Waals surface area contributed by atoms with E-state index in [0.29, 0.717) is 0 Å². The predicted molar refractivity (Wildman–Crippen MR) is 36.5 cm³/mol. The molecular formula is H4K2O9S3. The molecule has 0 rings (SSSR count). The van der Waals surface area contributed by atoms with Gasteiger partial charge >= 0.3 is 103 Å². The molecule has 0 saturated carbocycles. The molecule has 0 heterocycles. The normalized spacial score (nSPS) is 7.50. The Balaban J connectivity index is -0.0000000270. The molecular weight excluding hydrogens is 318 g/mol. The molecule has 0 aromatic carbocycles. The van der Waals surface area contributed by atoms with E-state index >= 15 is 0 Å². The summed E-state index contributed by atoms with van der Waals surface area (Å²) in [6, 6.07) is 0. The van der Waals surface area contributed by atoms with Gasteiger partial charge in [-0.3, -0.25) is 22.4 Å². The third-order valence-electron chi connectivity index (χ3n) is 0. The van der Waals surface area contributed by atoms with Gasteiger partial charge in [0.2, 0.25) is 0 Å². The predicted octanol–water partition coefficient (Wildman–Crippen LogP) is -7.63. The van der Waals surface area contributed by atoms with Gasteiger partial charge in [0.05, 0.1) is 0 Å². The second-order valence-electron chi connectivity index (χ2n) is 0.666. The Bertz CT molecular complexity index is 116. The molecule has 0 aromatic rings. The summed E-state index contributed by atoms with van der Waals surface area (Å²) in [4.78, 5) is 0. The Morgan fingerprint density at radius 1 is 0.714 bits per heavy atom. The molecule has 0 aliphatic carbocycles. The third kappa shape index (κ3) is 268. The van der Waals surface area contributed by atoms with Crippen molar-refractivity contribution in [1.82, 2.24) is 0 Å². The molecule has 4 N–H and O–H groups in total. The van der Waals surface area contributed by atoms with Crippen molar-refractivity contribution in [3.8, 4) is 0 Å². The van der Waals surface area contributed by atoms with Gasteiger partial charge in [0.15, 0.2) is 0 Å². The zero-order valence-electron chi connectivity index (χ0n) is 7.05. The fourth-order valence-electron chi connectivity index (χ4n) is 0. The largest absolute Gasteiger partial charge is 1.00 e. The first kappa shape index (κ1) is 30.5. The molecule has 0 unspecified atom stereocenters. The van der Waals surface area contributed by atoms with Crippen LogP contribution in [0.2, 0.25) is 0 Å². The minimum Gasteiger partial charge on any atom is -0.784 e. The third-order valence-corrected chi connectivity index (χ3v) is 0. The second-order valence-corrected chi connectivity index (χ2v) is 2.00. The summed E-state index contributed by atoms with van der Waals surface area (Å²) in [7, 11) is 0. The summed E-state index contributed by atoms with van der Waals surface area (Å²) in [5.74, 6) is 0. The van der Waals surface area contributed by atoms with E-state index in [1.165, 1.54) is 0 Å². The zero-order valence-corrected chi connectivity index (χ0v) is 15.8. The smallest absolute Gasteiger partial charge is 0.784 e. The Morgan fingerprint density at radius 3 is 0.714 bits per heavy atom. The molecule has 0 aromatic heterocycles. The van der Waals surface area contributed by atoms with Crippen LogP contribution < -0.4 is 103 Å². The van der Waals surface area contributed by atoms with E-state index in [4.69, 9.17) is 39.9 Å². The summed E-state index contributed by atoms with van der Waals surface area (Å²) in [6.45, 7) is 0. The number of rotatable bonds is 0. The van der Waals surface area contributed by atoms with Crippen molar-refractivity contribution in [2.24, 2.45) is 0 Å². The van der Waals surface area contributed by atoms with Crippen LogP contribution in [0.1, 0.15) is 0 Å². The molecule has 14 heavy (non-hydrogen) atoms. The van der Waals surface area contributed by atoms with Crippen molar-refractivity contribution < 1.29 is 143 Å². The molecule has 0 amide bonds. The molecule has 0 spiro atoms. The molecule has 78 valence electrons. The van der Waals surface area contributed by atoms with Crippen LogP contribution in [0.25, 0.3) is 0 Å². The summed E-state index contributed by atoms with van der Waals surface area (Å²) in [5, 5.41) is 0. The molecule has 0 aliphatic rings. The fraction of sp³-hybridized carbons (Fsp3) is 0. The summed E-state index contributed by atoms with van der Waals surface area (Å²) >= 11 is -8.33. The summed E-state index contributed by atoms with van der Waals surface area (Å²) in [6.07, 6.45) is 0. The van der Waals surface area contributed by atoms with Crippen LogP contribution in [0.5, 0.6) is 0 Å². The Labute approximate surface area is 172 Å². The first-order chi connectivity index (χ1) is 5.20. The van der Waals surface area contributed by atoms with Crippen LogP contribution in [-0.4, -0.2) is 39.9 Å². The number of hydrogen-bond donors (Lipinski definition) is 4. The van der Waals surface area contributed by atoms with E-state index in [1.54, 1.807) is 0 Å². The van der Waals surface area contributed by atoms with Crippen LogP contribution >= 0.6 is 0 Å². The quantitative estimate of drug-likeness (QED) is 0.249. The Morgan fingerprint density at radius 2 is 0.714 bits per heavy atom. The first-order valence-corrected chi connectivity index (χ1v) is 4.69. The average molecular weight is 322 g/mol. The molecule has 9 nitrogen and oxygen atoms in total. The minimum absolute atomic E-state index is 0. The van der Waals surface area contributed by atoms with Gasteiger partial charge in [-0.25, -0.2) is 0 Å². The van der Waals surface area contributed by atoms with Gasteiger partial charge in [-0.2, -0.15) is 8.42 Å². The van der Waals surface area contributed by atoms with Gasteiger partial charge in [-0.15, -0.1) is 11.4 Å². The summed E-state index contributed by atoms with van der Waals surface area (Å²) < 4.78 is 71.0. The van der Waals surface area contributed by atoms with Crippen LogP contribution in [0.4, 0.5) is 0 Å². The SMILES string of the molecule is O=S(O)O.O=S(O)O.O=S([O-])[O-].[K+].[K+]. The van der Waals surface area contributed by atoms with E-state index in [2.05, 4.69) is 0 Å². The van der Waals surface area contributed by atoms with E-state index < -0.39 is 34.1 Å². The van der Waals surface area contributed by atoms with Crippen molar-refractivity contribution in [3.63, 3.8) is 0 Å². The second kappa shape index (κ2) is 25.4. The van der Waals surface area contributed by atoms with Gasteiger partial charge in [0.25, 0.3) is 22.7 Å². The van der Waals surface area contributed by atoms with Crippen LogP contribution in [0.3, 0.4) is 0 Å². The summed E-state index contributed by atoms with van der Waals surface area (Å²) in [5.41, 5.74) is 0. The molecule has 0 saturated heterocycles. The number of hydrogen-bond acceptors (Lipinski definition) is 5. The zero-order chi connectivity index (χ0) is 10.7. The molecule has 0 bridgehead atoms. The maximum atomic E-state index is 8.67. The van der Waals surface area contributed by atoms with Gasteiger partial charge in [-0.1, -0.05) is 0 Å². The topological polar surface area (TPSA) is 178 Å². The van der Waals surface area contributed by atoms with Crippen LogP contribution in [0, 0.1) is 0 Å². The maximum absolute atomic E-state index is 8.67. The molecule has 0 aliphatic heterocycles. The first-order valence-electron chi connectivity index (χ1n) is 1.56. The van der Waals surface area contributed by atoms with Crippen LogP contribution in [-0.2, 0) is 34.1 Å². The monoisotopic (exact) mass is 322 g/mol. The molecule has 0 atom stereocenters. The van der Waals surface area contributed by atoms with Crippen molar-refractivity contribution in [3.05, 3.63) is 0 Å². The molecule has 0 fully saturated rings. The average Bonchev–Trinajstić information content (AvgIpc) is 1.54. The van der Waals surface area contributed by atoms with E-state index in [0.717, 1.165) is 0 Å². The van der Waals surface area contributed by atoms with Gasteiger partial charge in [0.1, 0.15) is 0 Å². The van der Waals surface area contributed by atoms with Gasteiger partial charge in [0, 0.05) is 0 Å². The molecule has 14 heteroatoms. The Hall–Kier alpha value is 3.48. The van der Waals surface area contributed by atoms with Gasteiger partial charge in [-0.05, 0) is 0 Å². The van der Waals surface area contributed by atoms with Crippen molar-refractivity contribution in [2.45, 2.75) is 0 Å². The minimum atomic E-state index is -3.11. The maximum Gasteiger partial charge on any atom is 1.00 e. The van der Waals surface area contributed by atoms with Gasteiger partial charge < -0.3 is 9.11 Å². The van der Waals surface area contributed by atoms with Crippen molar-refractivity contribution in [1.29, 1.82) is 0 Å². The Kier molecular flexibility index (Phi) is 55.2. The van der Waals surface area contributed by atoms with E-state index in [-0.39, 0.29) is 103 Å². The van der Waals surface area contributed by atoms with E-state index in [1.807, 2.05) is 0 Å². The van der Waals surface area contributed by atoms with Crippen LogP contribution in [0.15, 0.2) is 0 Å². The fourth-order valence-corrected chi connectivity index (χ4v) is 0. The molecule has 0 radical (unpaired) electrons.